The first kappa shape index (κ1) is 21.5. The van der Waals surface area contributed by atoms with E-state index in [0.29, 0.717) is 37.1 Å². The Morgan fingerprint density at radius 2 is 1.93 bits per heavy atom. The van der Waals surface area contributed by atoms with Gasteiger partial charge in [-0.2, -0.15) is 5.10 Å². The monoisotopic (exact) mass is 415 g/mol. The van der Waals surface area contributed by atoms with Crippen LogP contribution >= 0.6 is 0 Å². The molecule has 0 aliphatic rings. The van der Waals surface area contributed by atoms with Crippen LogP contribution in [0.5, 0.6) is 0 Å². The molecule has 0 aliphatic heterocycles. The van der Waals surface area contributed by atoms with Gasteiger partial charge in [-0.25, -0.2) is 9.78 Å². The van der Waals surface area contributed by atoms with Crippen LogP contribution in [0.15, 0.2) is 22.0 Å². The molecule has 1 unspecified atom stereocenters. The molecule has 0 radical (unpaired) electrons. The van der Waals surface area contributed by atoms with Crippen molar-refractivity contribution in [2.75, 3.05) is 6.54 Å². The number of fused-ring (bicyclic) bond motifs is 1. The van der Waals surface area contributed by atoms with Crippen LogP contribution in [-0.2, 0) is 32.0 Å². The largest absolute Gasteiger partial charge is 0.356 e. The second-order valence-electron chi connectivity index (χ2n) is 7.94. The molecule has 0 saturated heterocycles. The van der Waals surface area contributed by atoms with Gasteiger partial charge >= 0.3 is 5.69 Å². The molecule has 0 aromatic carbocycles. The number of nitrogens with one attached hydrogen (secondary N) is 1. The second kappa shape index (κ2) is 8.68. The highest BCUT2D eigenvalue weighted by molar-refractivity contribution is 5.75. The highest BCUT2D eigenvalue weighted by Gasteiger charge is 2.14. The Morgan fingerprint density at radius 1 is 1.20 bits per heavy atom. The van der Waals surface area contributed by atoms with E-state index >= 15 is 0 Å². The third-order valence-electron chi connectivity index (χ3n) is 5.26. The zero-order valence-electron chi connectivity index (χ0n) is 18.2. The first-order valence-corrected chi connectivity index (χ1v) is 10.1. The van der Waals surface area contributed by atoms with E-state index in [2.05, 4.69) is 22.3 Å². The molecule has 3 aromatic heterocycles. The maximum Gasteiger partial charge on any atom is 0.332 e. The summed E-state index contributed by atoms with van der Waals surface area (Å²) in [5, 5.41) is 7.42. The molecule has 1 N–H and O–H groups in total. The summed E-state index contributed by atoms with van der Waals surface area (Å²) in [6, 6.07) is 2.04. The van der Waals surface area contributed by atoms with Crippen LogP contribution in [0.1, 0.15) is 31.2 Å². The number of aryl methyl sites for hydroxylation is 4. The Bertz CT molecular complexity index is 1180. The quantitative estimate of drug-likeness (QED) is 0.576. The van der Waals surface area contributed by atoms with Crippen LogP contribution in [0, 0.1) is 19.8 Å². The molecule has 0 spiro atoms. The van der Waals surface area contributed by atoms with Crippen molar-refractivity contribution in [2.45, 2.75) is 46.7 Å². The number of carbonyl (C=O) groups is 1. The minimum Gasteiger partial charge on any atom is -0.356 e. The van der Waals surface area contributed by atoms with Crippen LogP contribution < -0.4 is 16.6 Å². The topological polar surface area (TPSA) is 109 Å². The predicted octanol–water partition coefficient (Wildman–Crippen LogP) is 0.480. The number of hydrogen-bond donors (Lipinski definition) is 1. The summed E-state index contributed by atoms with van der Waals surface area (Å²) in [4.78, 5) is 40.8. The molecule has 3 rings (SSSR count). The average Bonchev–Trinajstić information content (AvgIpc) is 3.26. The summed E-state index contributed by atoms with van der Waals surface area (Å²) < 4.78 is 6.08. The smallest absolute Gasteiger partial charge is 0.332 e. The van der Waals surface area contributed by atoms with Crippen LogP contribution in [-0.4, -0.2) is 40.9 Å². The SMILES string of the molecule is Cc1cc(C)n(CC(C)CNC(=O)CCCn2cnc3c2c(=O)n(C)c(=O)n3C)n1. The van der Waals surface area contributed by atoms with Crippen molar-refractivity contribution < 1.29 is 4.79 Å². The maximum absolute atomic E-state index is 12.4. The molecule has 10 nitrogen and oxygen atoms in total. The summed E-state index contributed by atoms with van der Waals surface area (Å²) in [5.41, 5.74) is 2.04. The minimum atomic E-state index is -0.410. The minimum absolute atomic E-state index is 0.0278. The molecule has 162 valence electrons. The molecule has 0 saturated carbocycles. The van der Waals surface area contributed by atoms with E-state index in [-0.39, 0.29) is 17.4 Å². The van der Waals surface area contributed by atoms with Gasteiger partial charge < -0.3 is 9.88 Å². The lowest BCUT2D eigenvalue weighted by atomic mass is 10.1. The first-order chi connectivity index (χ1) is 14.2. The second-order valence-corrected chi connectivity index (χ2v) is 7.94. The van der Waals surface area contributed by atoms with Crippen LogP contribution in [0.25, 0.3) is 11.2 Å². The molecule has 3 heterocycles. The molecule has 0 fully saturated rings. The van der Waals surface area contributed by atoms with Crippen LogP contribution in [0.4, 0.5) is 0 Å². The van der Waals surface area contributed by atoms with E-state index in [1.165, 1.54) is 11.6 Å². The molecular formula is C20H29N7O3. The Morgan fingerprint density at radius 3 is 2.60 bits per heavy atom. The van der Waals surface area contributed by atoms with Gasteiger partial charge in [-0.05, 0) is 32.3 Å². The van der Waals surface area contributed by atoms with E-state index in [4.69, 9.17) is 0 Å². The Hall–Kier alpha value is -3.17. The average molecular weight is 415 g/mol. The van der Waals surface area contributed by atoms with Gasteiger partial charge in [-0.15, -0.1) is 0 Å². The van der Waals surface area contributed by atoms with Crippen molar-refractivity contribution in [3.63, 3.8) is 0 Å². The summed E-state index contributed by atoms with van der Waals surface area (Å²) in [7, 11) is 3.03. The van der Waals surface area contributed by atoms with Crippen molar-refractivity contribution in [2.24, 2.45) is 20.0 Å². The molecule has 1 amide bonds. The number of hydrogen-bond acceptors (Lipinski definition) is 5. The zero-order chi connectivity index (χ0) is 22.0. The van der Waals surface area contributed by atoms with Crippen molar-refractivity contribution in [1.82, 2.24) is 33.8 Å². The molecule has 30 heavy (non-hydrogen) atoms. The van der Waals surface area contributed by atoms with Gasteiger partial charge in [0.15, 0.2) is 11.2 Å². The normalized spacial score (nSPS) is 12.4. The molecule has 0 aliphatic carbocycles. The van der Waals surface area contributed by atoms with Crippen molar-refractivity contribution in [1.29, 1.82) is 0 Å². The zero-order valence-corrected chi connectivity index (χ0v) is 18.2. The Balaban J connectivity index is 1.52. The van der Waals surface area contributed by atoms with Gasteiger partial charge in [0.2, 0.25) is 5.91 Å². The van der Waals surface area contributed by atoms with Gasteiger partial charge in [0.05, 0.1) is 12.0 Å². The van der Waals surface area contributed by atoms with Crippen molar-refractivity contribution in [3.05, 3.63) is 44.6 Å². The molecule has 10 heteroatoms. The molecule has 1 atom stereocenters. The summed E-state index contributed by atoms with van der Waals surface area (Å²) in [6.07, 6.45) is 2.45. The lowest BCUT2D eigenvalue weighted by Gasteiger charge is -2.14. The Kier molecular flexibility index (Phi) is 6.23. The molecule has 0 bridgehead atoms. The van der Waals surface area contributed by atoms with Crippen molar-refractivity contribution >= 4 is 17.1 Å². The summed E-state index contributed by atoms with van der Waals surface area (Å²) >= 11 is 0. The van der Waals surface area contributed by atoms with Crippen LogP contribution in [0.2, 0.25) is 0 Å². The third-order valence-corrected chi connectivity index (χ3v) is 5.26. The fourth-order valence-electron chi connectivity index (χ4n) is 3.57. The van der Waals surface area contributed by atoms with E-state index in [9.17, 15) is 14.4 Å². The fraction of sp³-hybridized carbons (Fsp3) is 0.550. The number of nitrogens with zero attached hydrogens (tertiary/aromatic N) is 6. The fourth-order valence-corrected chi connectivity index (χ4v) is 3.57. The van der Waals surface area contributed by atoms with E-state index < -0.39 is 5.69 Å². The van der Waals surface area contributed by atoms with E-state index in [1.54, 1.807) is 17.9 Å². The first-order valence-electron chi connectivity index (χ1n) is 10.1. The number of rotatable bonds is 8. The van der Waals surface area contributed by atoms with Gasteiger partial charge in [0.25, 0.3) is 5.56 Å². The molecular weight excluding hydrogens is 386 g/mol. The van der Waals surface area contributed by atoms with E-state index in [0.717, 1.165) is 22.5 Å². The maximum atomic E-state index is 12.4. The standard InChI is InChI=1S/C20H29N7O3/c1-13(11-27-15(3)9-14(2)23-27)10-21-16(28)7-6-8-26-12-22-18-17(26)19(29)25(5)20(30)24(18)4/h9,12-13H,6-8,10-11H2,1-5H3,(H,21,28). The molecule has 3 aromatic rings. The van der Waals surface area contributed by atoms with Crippen LogP contribution in [0.3, 0.4) is 0 Å². The number of aromatic nitrogens is 6. The number of carbonyl (C=O) groups excluding carboxylic acids is 1. The lowest BCUT2D eigenvalue weighted by Crippen LogP contribution is -2.37. The highest BCUT2D eigenvalue weighted by atomic mass is 16.2. The third kappa shape index (κ3) is 4.37. The summed E-state index contributed by atoms with van der Waals surface area (Å²) in [6.45, 7) is 7.87. The van der Waals surface area contributed by atoms with Crippen molar-refractivity contribution in [3.8, 4) is 0 Å². The van der Waals surface area contributed by atoms with E-state index in [1.807, 2.05) is 24.6 Å². The van der Waals surface area contributed by atoms with Gasteiger partial charge in [0, 0.05) is 45.8 Å². The van der Waals surface area contributed by atoms with Gasteiger partial charge in [-0.3, -0.25) is 23.4 Å². The van der Waals surface area contributed by atoms with Gasteiger partial charge in [0.1, 0.15) is 0 Å². The predicted molar refractivity (Wildman–Crippen MR) is 113 cm³/mol. The summed E-state index contributed by atoms with van der Waals surface area (Å²) in [5.74, 6) is 0.230. The lowest BCUT2D eigenvalue weighted by molar-refractivity contribution is -0.121. The van der Waals surface area contributed by atoms with Gasteiger partial charge in [-0.1, -0.05) is 6.92 Å². The number of imidazole rings is 1. The highest BCUT2D eigenvalue weighted by Crippen LogP contribution is 2.08. The number of amides is 1. The Labute approximate surface area is 174 Å².